The quantitative estimate of drug-likeness (QED) is 0.340. The first-order valence-electron chi connectivity index (χ1n) is 6.56. The van der Waals surface area contributed by atoms with Gasteiger partial charge in [0.05, 0.1) is 12.3 Å². The highest BCUT2D eigenvalue weighted by Gasteiger charge is 2.44. The summed E-state index contributed by atoms with van der Waals surface area (Å²) < 4.78 is 16.3. The number of aromatic nitrogens is 2. The van der Waals surface area contributed by atoms with Gasteiger partial charge in [-0.05, 0) is 12.5 Å². The maximum absolute atomic E-state index is 10.9. The van der Waals surface area contributed by atoms with Gasteiger partial charge in [0.15, 0.2) is 6.23 Å². The van der Waals surface area contributed by atoms with Crippen LogP contribution in [0.5, 0.6) is 0 Å². The monoisotopic (exact) mass is 335 g/mol. The SMILES string of the molecule is O=P(O)(O)CC[C@H]1OC(Nc2ncccn2)[C@@H](O)[C@@H](O)[C@@H]1O. The van der Waals surface area contributed by atoms with Crippen molar-refractivity contribution in [3.63, 3.8) is 0 Å². The number of hydrogen-bond donors (Lipinski definition) is 6. The summed E-state index contributed by atoms with van der Waals surface area (Å²) in [6, 6.07) is 1.59. The highest BCUT2D eigenvalue weighted by atomic mass is 31.2. The van der Waals surface area contributed by atoms with Crippen LogP contribution in [0.3, 0.4) is 0 Å². The van der Waals surface area contributed by atoms with Crippen LogP contribution in [0.15, 0.2) is 18.5 Å². The molecule has 0 radical (unpaired) electrons. The van der Waals surface area contributed by atoms with Crippen molar-refractivity contribution in [3.8, 4) is 0 Å². The summed E-state index contributed by atoms with van der Waals surface area (Å²) in [6.45, 7) is 0. The lowest BCUT2D eigenvalue weighted by atomic mass is 9.96. The van der Waals surface area contributed by atoms with Crippen LogP contribution in [-0.4, -0.2) is 71.9 Å². The molecule has 10 nitrogen and oxygen atoms in total. The average molecular weight is 335 g/mol. The van der Waals surface area contributed by atoms with E-state index in [1.165, 1.54) is 12.4 Å². The van der Waals surface area contributed by atoms with Crippen molar-refractivity contribution < 1.29 is 34.4 Å². The first kappa shape index (κ1) is 17.2. The number of nitrogens with one attached hydrogen (secondary N) is 1. The number of aliphatic hydroxyl groups excluding tert-OH is 3. The predicted molar refractivity (Wildman–Crippen MR) is 73.9 cm³/mol. The number of anilines is 1. The molecule has 0 aliphatic carbocycles. The van der Waals surface area contributed by atoms with E-state index in [9.17, 15) is 19.9 Å². The molecule has 1 aromatic heterocycles. The van der Waals surface area contributed by atoms with Gasteiger partial charge >= 0.3 is 7.60 Å². The molecule has 5 atom stereocenters. The lowest BCUT2D eigenvalue weighted by molar-refractivity contribution is -0.214. The van der Waals surface area contributed by atoms with Gasteiger partial charge in [-0.2, -0.15) is 0 Å². The largest absolute Gasteiger partial charge is 0.388 e. The van der Waals surface area contributed by atoms with Crippen molar-refractivity contribution in [3.05, 3.63) is 18.5 Å². The molecule has 124 valence electrons. The third-order valence-corrected chi connectivity index (χ3v) is 4.10. The van der Waals surface area contributed by atoms with E-state index < -0.39 is 44.4 Å². The Balaban J connectivity index is 2.05. The smallest absolute Gasteiger partial charge is 0.325 e. The van der Waals surface area contributed by atoms with E-state index in [2.05, 4.69) is 15.3 Å². The fourth-order valence-electron chi connectivity index (χ4n) is 2.10. The Hall–Kier alpha value is -1.13. The van der Waals surface area contributed by atoms with E-state index in [1.54, 1.807) is 6.07 Å². The van der Waals surface area contributed by atoms with Gasteiger partial charge in [-0.15, -0.1) is 0 Å². The summed E-state index contributed by atoms with van der Waals surface area (Å²) in [6.07, 6.45) is -4.38. The Bertz CT molecular complexity index is 528. The van der Waals surface area contributed by atoms with Crippen LogP contribution in [0.4, 0.5) is 5.95 Å². The first-order valence-corrected chi connectivity index (χ1v) is 8.35. The first-order chi connectivity index (χ1) is 10.3. The molecule has 0 spiro atoms. The molecule has 11 heteroatoms. The number of nitrogens with zero attached hydrogens (tertiary/aromatic N) is 2. The van der Waals surface area contributed by atoms with Crippen molar-refractivity contribution in [2.24, 2.45) is 0 Å². The van der Waals surface area contributed by atoms with Crippen molar-refractivity contribution in [1.82, 2.24) is 9.97 Å². The molecule has 0 aromatic carbocycles. The third-order valence-electron chi connectivity index (χ3n) is 3.25. The van der Waals surface area contributed by atoms with Gasteiger partial charge in [-0.1, -0.05) is 0 Å². The van der Waals surface area contributed by atoms with E-state index in [-0.39, 0.29) is 12.4 Å². The lowest BCUT2D eigenvalue weighted by Gasteiger charge is -2.40. The molecule has 0 saturated carbocycles. The minimum Gasteiger partial charge on any atom is -0.388 e. The Morgan fingerprint density at radius 2 is 1.77 bits per heavy atom. The minimum absolute atomic E-state index is 0.142. The normalized spacial score (nSPS) is 32.7. The molecule has 2 rings (SSSR count). The van der Waals surface area contributed by atoms with E-state index in [0.717, 1.165) is 0 Å². The molecular weight excluding hydrogens is 317 g/mol. The fraction of sp³-hybridized carbons (Fsp3) is 0.636. The highest BCUT2D eigenvalue weighted by Crippen LogP contribution is 2.37. The molecule has 22 heavy (non-hydrogen) atoms. The minimum atomic E-state index is -4.26. The number of hydrogen-bond acceptors (Lipinski definition) is 8. The van der Waals surface area contributed by atoms with Crippen LogP contribution in [0.2, 0.25) is 0 Å². The van der Waals surface area contributed by atoms with Crippen LogP contribution in [-0.2, 0) is 9.30 Å². The van der Waals surface area contributed by atoms with Gasteiger partial charge in [0, 0.05) is 12.4 Å². The van der Waals surface area contributed by atoms with Crippen molar-refractivity contribution in [2.45, 2.75) is 37.1 Å². The summed E-state index contributed by atoms with van der Waals surface area (Å²) in [7, 11) is -4.26. The maximum Gasteiger partial charge on any atom is 0.325 e. The van der Waals surface area contributed by atoms with E-state index in [4.69, 9.17) is 14.5 Å². The van der Waals surface area contributed by atoms with Gasteiger partial charge in [0.1, 0.15) is 18.3 Å². The molecule has 1 unspecified atom stereocenters. The van der Waals surface area contributed by atoms with Gasteiger partial charge in [-0.25, -0.2) is 9.97 Å². The van der Waals surface area contributed by atoms with Crippen LogP contribution in [0, 0.1) is 0 Å². The Morgan fingerprint density at radius 1 is 1.14 bits per heavy atom. The van der Waals surface area contributed by atoms with Gasteiger partial charge in [-0.3, -0.25) is 4.57 Å². The highest BCUT2D eigenvalue weighted by molar-refractivity contribution is 7.51. The molecular formula is C11H18N3O7P. The molecule has 1 aliphatic heterocycles. The van der Waals surface area contributed by atoms with E-state index in [0.29, 0.717) is 0 Å². The second-order valence-electron chi connectivity index (χ2n) is 4.96. The third kappa shape index (κ3) is 4.43. The molecule has 1 aromatic rings. The summed E-state index contributed by atoms with van der Waals surface area (Å²) in [5.74, 6) is 0.142. The zero-order valence-corrected chi connectivity index (χ0v) is 12.3. The van der Waals surface area contributed by atoms with Gasteiger partial charge < -0.3 is 35.2 Å². The molecule has 1 fully saturated rings. The van der Waals surface area contributed by atoms with Crippen molar-refractivity contribution in [2.75, 3.05) is 11.5 Å². The van der Waals surface area contributed by atoms with E-state index in [1.807, 2.05) is 0 Å². The van der Waals surface area contributed by atoms with Gasteiger partial charge in [0.25, 0.3) is 0 Å². The topological polar surface area (TPSA) is 165 Å². The number of ether oxygens (including phenoxy) is 1. The molecule has 0 bridgehead atoms. The summed E-state index contributed by atoms with van der Waals surface area (Å²) >= 11 is 0. The lowest BCUT2D eigenvalue weighted by Crippen LogP contribution is -2.59. The number of rotatable bonds is 5. The fourth-order valence-corrected chi connectivity index (χ4v) is 2.70. The van der Waals surface area contributed by atoms with Crippen LogP contribution in [0.1, 0.15) is 6.42 Å². The Kier molecular flexibility index (Phi) is 5.45. The van der Waals surface area contributed by atoms with Crippen molar-refractivity contribution >= 4 is 13.5 Å². The standard InChI is InChI=1S/C11H18N3O7P/c15-7-6(2-5-22(18,19)20)21-10(9(17)8(7)16)14-11-12-3-1-4-13-11/h1,3-4,6-10,15-17H,2,5H2,(H,12,13,14)(H2,18,19,20)/t6-,7-,8+,9+,10?/m1/s1. The Labute approximate surface area is 126 Å². The second-order valence-corrected chi connectivity index (χ2v) is 6.74. The molecule has 6 N–H and O–H groups in total. The zero-order valence-electron chi connectivity index (χ0n) is 11.4. The van der Waals surface area contributed by atoms with E-state index >= 15 is 0 Å². The molecule has 1 saturated heterocycles. The summed E-state index contributed by atoms with van der Waals surface area (Å²) in [5.41, 5.74) is 0. The molecule has 1 aliphatic rings. The molecule has 2 heterocycles. The summed E-state index contributed by atoms with van der Waals surface area (Å²) in [4.78, 5) is 25.5. The van der Waals surface area contributed by atoms with Gasteiger partial charge in [0.2, 0.25) is 5.95 Å². The zero-order chi connectivity index (χ0) is 16.3. The predicted octanol–water partition coefficient (Wildman–Crippen LogP) is -1.74. The second kappa shape index (κ2) is 6.97. The summed E-state index contributed by atoms with van der Waals surface area (Å²) in [5, 5.41) is 32.2. The Morgan fingerprint density at radius 3 is 2.36 bits per heavy atom. The number of aliphatic hydroxyl groups is 3. The average Bonchev–Trinajstić information content (AvgIpc) is 2.47. The molecule has 0 amide bonds. The van der Waals surface area contributed by atoms with Crippen LogP contribution < -0.4 is 5.32 Å². The maximum atomic E-state index is 10.9. The van der Waals surface area contributed by atoms with Crippen LogP contribution in [0.25, 0.3) is 0 Å². The van der Waals surface area contributed by atoms with Crippen LogP contribution >= 0.6 is 7.60 Å². The van der Waals surface area contributed by atoms with Crippen molar-refractivity contribution in [1.29, 1.82) is 0 Å².